The quantitative estimate of drug-likeness (QED) is 0.0469. The van der Waals surface area contributed by atoms with Crippen LogP contribution >= 0.6 is 0 Å². The second kappa shape index (κ2) is 122. The maximum absolute atomic E-state index is 9.82. The van der Waals surface area contributed by atoms with Gasteiger partial charge in [0.1, 0.15) is 0 Å². The summed E-state index contributed by atoms with van der Waals surface area (Å²) in [6.07, 6.45) is 38.8. The van der Waals surface area contributed by atoms with Crippen molar-refractivity contribution in [2.24, 2.45) is 0 Å². The highest BCUT2D eigenvalue weighted by Gasteiger charge is 1.85. The number of carbonyl (C=O) groups is 5. The second-order valence-corrected chi connectivity index (χ2v) is 16.6. The van der Waals surface area contributed by atoms with E-state index in [0.717, 1.165) is 0 Å². The monoisotopic (exact) mass is 1040 g/mol. The molecule has 0 amide bonds. The van der Waals surface area contributed by atoms with Crippen molar-refractivity contribution in [2.75, 3.05) is 33.0 Å². The van der Waals surface area contributed by atoms with E-state index < -0.39 is 0 Å². The first-order valence-electron chi connectivity index (χ1n) is 29.9. The van der Waals surface area contributed by atoms with E-state index in [4.69, 9.17) is 0 Å². The fraction of sp³-hybridized carbons (Fsp3) is 0.919. The van der Waals surface area contributed by atoms with Gasteiger partial charge in [0.25, 0.3) is 0 Å². The molecule has 72 heavy (non-hydrogen) atoms. The lowest BCUT2D eigenvalue weighted by Crippen LogP contribution is -1.95. The van der Waals surface area contributed by atoms with Gasteiger partial charge in [-0.15, -0.1) is 0 Å². The standard InChI is InChI=1S/7C6H14.5C4H8O2/c7*1-3-5-6-4-2;5*1-3-6-4(2)5/h7*3-6H2,1-2H3;5*3H2,1-2H3. The molecule has 0 spiro atoms. The van der Waals surface area contributed by atoms with E-state index >= 15 is 0 Å². The number of esters is 5. The summed E-state index contributed by atoms with van der Waals surface area (Å²) in [6, 6.07) is 0. The van der Waals surface area contributed by atoms with E-state index in [1.807, 2.05) is 0 Å². The van der Waals surface area contributed by atoms with E-state index in [2.05, 4.69) is 121 Å². The molecule has 0 heterocycles. The van der Waals surface area contributed by atoms with Crippen LogP contribution in [0.25, 0.3) is 0 Å². The van der Waals surface area contributed by atoms with Crippen molar-refractivity contribution in [1.29, 1.82) is 0 Å². The summed E-state index contributed by atoms with van der Waals surface area (Å²) in [7, 11) is 0. The molecule has 10 nitrogen and oxygen atoms in total. The minimum Gasteiger partial charge on any atom is -0.466 e. The van der Waals surface area contributed by atoms with Crippen LogP contribution < -0.4 is 0 Å². The molecule has 10 heteroatoms. The Morgan fingerprint density at radius 2 is 0.250 bits per heavy atom. The number of hydrogen-bond donors (Lipinski definition) is 0. The smallest absolute Gasteiger partial charge is 0.302 e. The third kappa shape index (κ3) is 267. The van der Waals surface area contributed by atoms with Gasteiger partial charge in [-0.3, -0.25) is 24.0 Å². The predicted octanol–water partition coefficient (Wildman–Crippen LogP) is 21.0. The third-order valence-corrected chi connectivity index (χ3v) is 8.44. The van der Waals surface area contributed by atoms with Gasteiger partial charge in [-0.25, -0.2) is 0 Å². The van der Waals surface area contributed by atoms with Gasteiger partial charge < -0.3 is 23.7 Å². The van der Waals surface area contributed by atoms with Gasteiger partial charge in [-0.05, 0) is 34.6 Å². The first kappa shape index (κ1) is 98.5. The fourth-order valence-corrected chi connectivity index (χ4v) is 4.52. The van der Waals surface area contributed by atoms with Crippen LogP contribution in [0, 0.1) is 0 Å². The van der Waals surface area contributed by atoms with Crippen molar-refractivity contribution in [3.8, 4) is 0 Å². The Hall–Kier alpha value is -2.65. The molecule has 0 saturated heterocycles. The Labute approximate surface area is 454 Å². The van der Waals surface area contributed by atoms with E-state index in [-0.39, 0.29) is 29.8 Å². The van der Waals surface area contributed by atoms with Gasteiger partial charge >= 0.3 is 29.8 Å². The molecule has 0 aromatic carbocycles. The van der Waals surface area contributed by atoms with Crippen molar-refractivity contribution in [3.05, 3.63) is 0 Å². The minimum absolute atomic E-state index is 0.211. The van der Waals surface area contributed by atoms with Crippen molar-refractivity contribution >= 4 is 29.8 Å². The summed E-state index contributed by atoms with van der Waals surface area (Å²) in [5.74, 6) is -1.05. The molecular formula is C62H138O10. The summed E-state index contributed by atoms with van der Waals surface area (Å²) < 4.78 is 22.0. The van der Waals surface area contributed by atoms with Crippen LogP contribution in [-0.2, 0) is 47.7 Å². The van der Waals surface area contributed by atoms with Gasteiger partial charge in [0.05, 0.1) is 33.0 Å². The third-order valence-electron chi connectivity index (χ3n) is 8.44. The van der Waals surface area contributed by atoms with E-state index in [0.29, 0.717) is 33.0 Å². The zero-order valence-corrected chi connectivity index (χ0v) is 53.9. The van der Waals surface area contributed by atoms with Crippen molar-refractivity contribution < 1.29 is 47.7 Å². The Bertz CT molecular complexity index is 650. The van der Waals surface area contributed by atoms with Crippen LogP contribution in [-0.4, -0.2) is 62.9 Å². The Kier molecular flexibility index (Phi) is 167. The number of unbranched alkanes of at least 4 members (excludes halogenated alkanes) is 21. The Balaban J connectivity index is -0.0000000545. The molecule has 0 unspecified atom stereocenters. The first-order chi connectivity index (χ1) is 34.2. The van der Waals surface area contributed by atoms with Gasteiger partial charge in [-0.2, -0.15) is 0 Å². The summed E-state index contributed by atoms with van der Waals surface area (Å²) in [6.45, 7) is 49.5. The van der Waals surface area contributed by atoms with Crippen LogP contribution in [0.1, 0.15) is 346 Å². The highest BCUT2D eigenvalue weighted by Crippen LogP contribution is 1.99. The highest BCUT2D eigenvalue weighted by molar-refractivity contribution is 5.66. The summed E-state index contributed by atoms with van der Waals surface area (Å²) in [5.41, 5.74) is 0. The molecule has 0 atom stereocenters. The molecule has 0 aromatic heterocycles. The summed E-state index contributed by atoms with van der Waals surface area (Å²) in [4.78, 5) is 49.1. The lowest BCUT2D eigenvalue weighted by atomic mass is 10.2. The van der Waals surface area contributed by atoms with Crippen LogP contribution in [0.3, 0.4) is 0 Å². The number of carbonyl (C=O) groups excluding carboxylic acids is 5. The second-order valence-electron chi connectivity index (χ2n) is 16.6. The lowest BCUT2D eigenvalue weighted by molar-refractivity contribution is -0.141. The number of hydrogen-bond acceptors (Lipinski definition) is 10. The van der Waals surface area contributed by atoms with Gasteiger partial charge in [-0.1, -0.05) is 277 Å². The van der Waals surface area contributed by atoms with Crippen molar-refractivity contribution in [1.82, 2.24) is 0 Å². The van der Waals surface area contributed by atoms with E-state index in [1.165, 1.54) is 214 Å². The van der Waals surface area contributed by atoms with Gasteiger partial charge in [0, 0.05) is 34.6 Å². The highest BCUT2D eigenvalue weighted by atomic mass is 16.5. The number of rotatable bonds is 26. The molecule has 0 aromatic rings. The SMILES string of the molecule is CCCCCC.CCCCCC.CCCCCC.CCCCCC.CCCCCC.CCCCCC.CCCCCC.CCOC(C)=O.CCOC(C)=O.CCOC(C)=O.CCOC(C)=O.CCOC(C)=O. The largest absolute Gasteiger partial charge is 0.466 e. The fourth-order valence-electron chi connectivity index (χ4n) is 4.52. The molecule has 446 valence electrons. The predicted molar refractivity (Wildman–Crippen MR) is 320 cm³/mol. The zero-order chi connectivity index (χ0) is 58.8. The Morgan fingerprint density at radius 3 is 0.264 bits per heavy atom. The molecule has 0 rings (SSSR count). The van der Waals surface area contributed by atoms with Gasteiger partial charge in [0.15, 0.2) is 0 Å². The van der Waals surface area contributed by atoms with Crippen molar-refractivity contribution in [2.45, 2.75) is 346 Å². The molecule has 0 aliphatic carbocycles. The average Bonchev–Trinajstić information content (AvgIpc) is 3.33. The number of ether oxygens (including phenoxy) is 5. The molecule has 0 fully saturated rings. The van der Waals surface area contributed by atoms with E-state index in [1.54, 1.807) is 34.6 Å². The molecular weight excluding hydrogens is 905 g/mol. The zero-order valence-electron chi connectivity index (χ0n) is 53.9. The van der Waals surface area contributed by atoms with Crippen LogP contribution in [0.2, 0.25) is 0 Å². The molecule has 0 aliphatic heterocycles. The molecule has 0 bridgehead atoms. The molecule has 0 saturated carbocycles. The molecule has 0 N–H and O–H groups in total. The molecule has 0 aliphatic rings. The minimum atomic E-state index is -0.211. The normalized spacial score (nSPS) is 8.44. The van der Waals surface area contributed by atoms with Crippen LogP contribution in [0.5, 0.6) is 0 Å². The Morgan fingerprint density at radius 1 is 0.181 bits per heavy atom. The summed E-state index contributed by atoms with van der Waals surface area (Å²) in [5, 5.41) is 0. The lowest BCUT2D eigenvalue weighted by Gasteiger charge is -1.89. The van der Waals surface area contributed by atoms with E-state index in [9.17, 15) is 24.0 Å². The van der Waals surface area contributed by atoms with Crippen LogP contribution in [0.4, 0.5) is 0 Å². The summed E-state index contributed by atoms with van der Waals surface area (Å²) >= 11 is 0. The van der Waals surface area contributed by atoms with Crippen LogP contribution in [0.15, 0.2) is 0 Å². The molecule has 0 radical (unpaired) electrons. The topological polar surface area (TPSA) is 132 Å². The van der Waals surface area contributed by atoms with Crippen molar-refractivity contribution in [3.63, 3.8) is 0 Å². The average molecular weight is 1040 g/mol. The van der Waals surface area contributed by atoms with Gasteiger partial charge in [0.2, 0.25) is 0 Å². The maximum atomic E-state index is 9.82. The maximum Gasteiger partial charge on any atom is 0.302 e. The first-order valence-corrected chi connectivity index (χ1v) is 29.9.